The summed E-state index contributed by atoms with van der Waals surface area (Å²) in [6.07, 6.45) is 4.26. The van der Waals surface area contributed by atoms with Crippen LogP contribution in [-0.2, 0) is 4.79 Å². The molecule has 5 nitrogen and oxygen atoms in total. The molecule has 0 spiro atoms. The van der Waals surface area contributed by atoms with E-state index >= 15 is 0 Å². The SMILES string of the molecule is COc1cccc(NCC(=O)NN=C2CCC(C(C)(C)C)CC2)c1. The molecular weight excluding hydrogens is 302 g/mol. The molecule has 5 heteroatoms. The number of methoxy groups -OCH3 is 1. The molecule has 1 amide bonds. The second-order valence-electron chi connectivity index (χ2n) is 7.44. The van der Waals surface area contributed by atoms with Gasteiger partial charge in [-0.05, 0) is 49.1 Å². The molecule has 1 aliphatic carbocycles. The molecule has 0 saturated heterocycles. The van der Waals surface area contributed by atoms with Crippen molar-refractivity contribution in [2.45, 2.75) is 46.5 Å². The highest BCUT2D eigenvalue weighted by Crippen LogP contribution is 2.36. The van der Waals surface area contributed by atoms with Crippen molar-refractivity contribution in [3.8, 4) is 5.75 Å². The normalized spacial score (nSPS) is 18.0. The lowest BCUT2D eigenvalue weighted by atomic mass is 9.72. The van der Waals surface area contributed by atoms with Crippen LogP contribution < -0.4 is 15.5 Å². The van der Waals surface area contributed by atoms with Crippen molar-refractivity contribution in [2.75, 3.05) is 19.0 Å². The van der Waals surface area contributed by atoms with E-state index in [1.165, 1.54) is 0 Å². The number of nitrogens with zero attached hydrogens (tertiary/aromatic N) is 1. The average Bonchev–Trinajstić information content (AvgIpc) is 2.58. The topological polar surface area (TPSA) is 62.7 Å². The van der Waals surface area contributed by atoms with Crippen LogP contribution in [0.15, 0.2) is 29.4 Å². The fourth-order valence-corrected chi connectivity index (χ4v) is 3.03. The summed E-state index contributed by atoms with van der Waals surface area (Å²) >= 11 is 0. The van der Waals surface area contributed by atoms with E-state index in [0.717, 1.165) is 48.7 Å². The predicted molar refractivity (Wildman–Crippen MR) is 98.5 cm³/mol. The second kappa shape index (κ2) is 8.18. The number of benzene rings is 1. The van der Waals surface area contributed by atoms with E-state index in [1.54, 1.807) is 7.11 Å². The number of ether oxygens (including phenoxy) is 1. The van der Waals surface area contributed by atoms with Crippen LogP contribution in [0, 0.1) is 11.3 Å². The second-order valence-corrected chi connectivity index (χ2v) is 7.44. The van der Waals surface area contributed by atoms with E-state index < -0.39 is 0 Å². The average molecular weight is 331 g/mol. The molecule has 0 atom stereocenters. The van der Waals surface area contributed by atoms with Crippen molar-refractivity contribution < 1.29 is 9.53 Å². The van der Waals surface area contributed by atoms with Crippen LogP contribution in [0.5, 0.6) is 5.75 Å². The summed E-state index contributed by atoms with van der Waals surface area (Å²) in [7, 11) is 1.62. The summed E-state index contributed by atoms with van der Waals surface area (Å²) in [6.45, 7) is 7.08. The van der Waals surface area contributed by atoms with Gasteiger partial charge in [0.05, 0.1) is 13.7 Å². The van der Waals surface area contributed by atoms with E-state index in [2.05, 4.69) is 36.6 Å². The van der Waals surface area contributed by atoms with Crippen molar-refractivity contribution >= 4 is 17.3 Å². The Bertz CT molecular complexity index is 581. The molecule has 2 N–H and O–H groups in total. The molecule has 1 fully saturated rings. The Balaban J connectivity index is 1.75. The van der Waals surface area contributed by atoms with Crippen LogP contribution in [0.1, 0.15) is 46.5 Å². The zero-order valence-corrected chi connectivity index (χ0v) is 15.2. The van der Waals surface area contributed by atoms with Gasteiger partial charge in [-0.2, -0.15) is 5.10 Å². The van der Waals surface area contributed by atoms with Gasteiger partial charge in [-0.1, -0.05) is 26.8 Å². The molecule has 0 bridgehead atoms. The Kier molecular flexibility index (Phi) is 6.23. The molecule has 1 aromatic rings. The van der Waals surface area contributed by atoms with E-state index in [9.17, 15) is 4.79 Å². The van der Waals surface area contributed by atoms with Gasteiger partial charge in [-0.3, -0.25) is 4.79 Å². The number of carbonyl (C=O) groups is 1. The molecule has 2 rings (SSSR count). The number of hydrogen-bond acceptors (Lipinski definition) is 4. The number of anilines is 1. The molecule has 0 heterocycles. The molecule has 24 heavy (non-hydrogen) atoms. The highest BCUT2D eigenvalue weighted by Gasteiger charge is 2.28. The first-order valence-electron chi connectivity index (χ1n) is 8.60. The summed E-state index contributed by atoms with van der Waals surface area (Å²) in [5.74, 6) is 1.36. The molecular formula is C19H29N3O2. The summed E-state index contributed by atoms with van der Waals surface area (Å²) in [5.41, 5.74) is 4.97. The van der Waals surface area contributed by atoms with Gasteiger partial charge in [0.15, 0.2) is 0 Å². The molecule has 1 saturated carbocycles. The van der Waals surface area contributed by atoms with Gasteiger partial charge >= 0.3 is 0 Å². The van der Waals surface area contributed by atoms with Crippen LogP contribution >= 0.6 is 0 Å². The number of nitrogens with one attached hydrogen (secondary N) is 2. The summed E-state index contributed by atoms with van der Waals surface area (Å²) in [4.78, 5) is 11.9. The Morgan fingerprint density at radius 1 is 1.29 bits per heavy atom. The molecule has 0 aliphatic heterocycles. The minimum absolute atomic E-state index is 0.136. The van der Waals surface area contributed by atoms with Crippen LogP contribution in [-0.4, -0.2) is 25.3 Å². The van der Waals surface area contributed by atoms with Gasteiger partial charge in [-0.15, -0.1) is 0 Å². The minimum Gasteiger partial charge on any atom is -0.497 e. The third-order valence-electron chi connectivity index (χ3n) is 4.65. The first kappa shape index (κ1) is 18.3. The highest BCUT2D eigenvalue weighted by molar-refractivity contribution is 5.87. The van der Waals surface area contributed by atoms with Crippen molar-refractivity contribution in [2.24, 2.45) is 16.4 Å². The van der Waals surface area contributed by atoms with Crippen molar-refractivity contribution in [3.63, 3.8) is 0 Å². The van der Waals surface area contributed by atoms with Crippen molar-refractivity contribution in [1.82, 2.24) is 5.43 Å². The van der Waals surface area contributed by atoms with E-state index in [1.807, 2.05) is 24.3 Å². The predicted octanol–water partition coefficient (Wildman–Crippen LogP) is 3.82. The summed E-state index contributed by atoms with van der Waals surface area (Å²) in [6, 6.07) is 7.50. The fraction of sp³-hybridized carbons (Fsp3) is 0.579. The van der Waals surface area contributed by atoms with E-state index in [4.69, 9.17) is 4.74 Å². The first-order valence-corrected chi connectivity index (χ1v) is 8.60. The zero-order chi connectivity index (χ0) is 17.6. The standard InChI is InChI=1S/C19H29N3O2/c1-19(2,3)14-8-10-15(11-9-14)21-22-18(23)13-20-16-6-5-7-17(12-16)24-4/h5-7,12,14,20H,8-11,13H2,1-4H3,(H,22,23). The lowest BCUT2D eigenvalue weighted by molar-refractivity contribution is -0.119. The largest absolute Gasteiger partial charge is 0.497 e. The van der Waals surface area contributed by atoms with Crippen molar-refractivity contribution in [1.29, 1.82) is 0 Å². The number of amides is 1. The maximum Gasteiger partial charge on any atom is 0.259 e. The van der Waals surface area contributed by atoms with Crippen LogP contribution in [0.4, 0.5) is 5.69 Å². The monoisotopic (exact) mass is 331 g/mol. The Labute approximate surface area is 144 Å². The molecule has 0 radical (unpaired) electrons. The fourth-order valence-electron chi connectivity index (χ4n) is 3.03. The molecule has 1 aromatic carbocycles. The van der Waals surface area contributed by atoms with Gasteiger partial charge in [0.25, 0.3) is 5.91 Å². The Hall–Kier alpha value is -2.04. The smallest absolute Gasteiger partial charge is 0.259 e. The number of hydrogen-bond donors (Lipinski definition) is 2. The number of carbonyl (C=O) groups excluding carboxylic acids is 1. The van der Waals surface area contributed by atoms with Gasteiger partial charge in [0.1, 0.15) is 5.75 Å². The highest BCUT2D eigenvalue weighted by atomic mass is 16.5. The van der Waals surface area contributed by atoms with Crippen LogP contribution in [0.2, 0.25) is 0 Å². The molecule has 132 valence electrons. The maximum absolute atomic E-state index is 11.9. The molecule has 0 aromatic heterocycles. The van der Waals surface area contributed by atoms with Gasteiger partial charge in [-0.25, -0.2) is 5.43 Å². The zero-order valence-electron chi connectivity index (χ0n) is 15.2. The Morgan fingerprint density at radius 2 is 2.00 bits per heavy atom. The van der Waals surface area contributed by atoms with Gasteiger partial charge in [0.2, 0.25) is 0 Å². The Morgan fingerprint density at radius 3 is 2.62 bits per heavy atom. The third-order valence-corrected chi connectivity index (χ3v) is 4.65. The summed E-state index contributed by atoms with van der Waals surface area (Å²) in [5, 5.41) is 7.37. The van der Waals surface area contributed by atoms with E-state index in [-0.39, 0.29) is 12.5 Å². The number of rotatable bonds is 5. The van der Waals surface area contributed by atoms with Gasteiger partial charge < -0.3 is 10.1 Å². The maximum atomic E-state index is 11.9. The lowest BCUT2D eigenvalue weighted by Gasteiger charge is -2.34. The van der Waals surface area contributed by atoms with Crippen LogP contribution in [0.25, 0.3) is 0 Å². The van der Waals surface area contributed by atoms with E-state index in [0.29, 0.717) is 5.41 Å². The third kappa shape index (κ3) is 5.55. The van der Waals surface area contributed by atoms with Gasteiger partial charge in [0, 0.05) is 17.5 Å². The quantitative estimate of drug-likeness (QED) is 0.806. The lowest BCUT2D eigenvalue weighted by Crippen LogP contribution is -2.29. The number of hydrazone groups is 1. The first-order chi connectivity index (χ1) is 11.4. The molecule has 1 aliphatic rings. The van der Waals surface area contributed by atoms with Crippen molar-refractivity contribution in [3.05, 3.63) is 24.3 Å². The van der Waals surface area contributed by atoms with Crippen LogP contribution in [0.3, 0.4) is 0 Å². The summed E-state index contributed by atoms with van der Waals surface area (Å²) < 4.78 is 5.16. The minimum atomic E-state index is -0.136. The molecule has 0 unspecified atom stereocenters.